The van der Waals surface area contributed by atoms with Crippen LogP contribution in [0, 0.1) is 23.7 Å². The first-order chi connectivity index (χ1) is 7.34. The fourth-order valence-electron chi connectivity index (χ4n) is 2.41. The maximum Gasteiger partial charge on any atom is 0.214 e. The summed E-state index contributed by atoms with van der Waals surface area (Å²) < 4.78 is 18.1. The Morgan fingerprint density at radius 2 is 2.27 bits per heavy atom. The van der Waals surface area contributed by atoms with Gasteiger partial charge in [0.25, 0.3) is 0 Å². The van der Waals surface area contributed by atoms with E-state index in [1.165, 1.54) is 12.3 Å². The zero-order chi connectivity index (χ0) is 10.3. The Hall–Kier alpha value is -1.16. The number of aromatic nitrogens is 1. The maximum atomic E-state index is 12.8. The summed E-state index contributed by atoms with van der Waals surface area (Å²) in [5, 5.41) is 3.24. The van der Waals surface area contributed by atoms with Gasteiger partial charge >= 0.3 is 0 Å². The standard InChI is InChI=1S/C11H13FN2O/c12-11-3-7(1-2-13-11)14-4-8-9-5-15-6-10(8)9/h1-3,8-10H,4-6H2,(H,13,14). The van der Waals surface area contributed by atoms with E-state index in [0.29, 0.717) is 0 Å². The summed E-state index contributed by atoms with van der Waals surface area (Å²) in [4.78, 5) is 3.51. The highest BCUT2D eigenvalue weighted by Gasteiger charge is 2.53. The molecule has 3 rings (SSSR count). The zero-order valence-corrected chi connectivity index (χ0v) is 8.32. The maximum absolute atomic E-state index is 12.8. The Balaban J connectivity index is 1.54. The van der Waals surface area contributed by atoms with Gasteiger partial charge < -0.3 is 10.1 Å². The fraction of sp³-hybridized carbons (Fsp3) is 0.545. The van der Waals surface area contributed by atoms with Crippen LogP contribution in [0.25, 0.3) is 0 Å². The summed E-state index contributed by atoms with van der Waals surface area (Å²) >= 11 is 0. The Labute approximate surface area is 87.7 Å². The summed E-state index contributed by atoms with van der Waals surface area (Å²) in [5.41, 5.74) is 0.813. The normalized spacial score (nSPS) is 32.5. The second-order valence-corrected chi connectivity index (χ2v) is 4.28. The third kappa shape index (κ3) is 1.69. The molecule has 1 N–H and O–H groups in total. The molecule has 1 aromatic heterocycles. The molecule has 15 heavy (non-hydrogen) atoms. The van der Waals surface area contributed by atoms with E-state index >= 15 is 0 Å². The number of anilines is 1. The molecule has 2 atom stereocenters. The average molecular weight is 208 g/mol. The second-order valence-electron chi connectivity index (χ2n) is 4.28. The molecule has 0 spiro atoms. The lowest BCUT2D eigenvalue weighted by atomic mass is 10.3. The van der Waals surface area contributed by atoms with Crippen molar-refractivity contribution in [2.75, 3.05) is 25.1 Å². The van der Waals surface area contributed by atoms with Gasteiger partial charge in [-0.2, -0.15) is 4.39 Å². The Morgan fingerprint density at radius 3 is 3.00 bits per heavy atom. The van der Waals surface area contributed by atoms with Crippen LogP contribution >= 0.6 is 0 Å². The van der Waals surface area contributed by atoms with E-state index in [1.54, 1.807) is 6.07 Å². The Bertz CT molecular complexity index is 361. The average Bonchev–Trinajstić information content (AvgIpc) is 2.69. The van der Waals surface area contributed by atoms with Gasteiger partial charge in [-0.15, -0.1) is 0 Å². The Morgan fingerprint density at radius 1 is 1.47 bits per heavy atom. The van der Waals surface area contributed by atoms with Crippen molar-refractivity contribution in [1.82, 2.24) is 4.98 Å². The summed E-state index contributed by atoms with van der Waals surface area (Å²) in [6, 6.07) is 3.21. The van der Waals surface area contributed by atoms with E-state index in [0.717, 1.165) is 43.2 Å². The molecule has 1 aliphatic heterocycles. The molecule has 0 bridgehead atoms. The van der Waals surface area contributed by atoms with Gasteiger partial charge in [0, 0.05) is 24.5 Å². The van der Waals surface area contributed by atoms with Gasteiger partial charge in [-0.1, -0.05) is 0 Å². The lowest BCUT2D eigenvalue weighted by Crippen LogP contribution is -2.10. The predicted molar refractivity (Wildman–Crippen MR) is 54.0 cm³/mol. The van der Waals surface area contributed by atoms with Crippen LogP contribution in [0.3, 0.4) is 0 Å². The van der Waals surface area contributed by atoms with E-state index in [-0.39, 0.29) is 0 Å². The van der Waals surface area contributed by atoms with E-state index < -0.39 is 5.95 Å². The van der Waals surface area contributed by atoms with E-state index in [9.17, 15) is 4.39 Å². The van der Waals surface area contributed by atoms with Crippen molar-refractivity contribution in [2.24, 2.45) is 17.8 Å². The highest BCUT2D eigenvalue weighted by molar-refractivity contribution is 5.41. The third-order valence-corrected chi connectivity index (χ3v) is 3.40. The van der Waals surface area contributed by atoms with Gasteiger partial charge in [-0.3, -0.25) is 0 Å². The van der Waals surface area contributed by atoms with Crippen molar-refractivity contribution in [1.29, 1.82) is 0 Å². The first-order valence-electron chi connectivity index (χ1n) is 5.28. The molecule has 2 unspecified atom stereocenters. The summed E-state index contributed by atoms with van der Waals surface area (Å²) in [6.45, 7) is 2.73. The number of hydrogen-bond acceptors (Lipinski definition) is 3. The molecular weight excluding hydrogens is 195 g/mol. The van der Waals surface area contributed by atoms with E-state index in [4.69, 9.17) is 4.74 Å². The van der Waals surface area contributed by atoms with Crippen LogP contribution in [-0.4, -0.2) is 24.7 Å². The van der Waals surface area contributed by atoms with E-state index in [2.05, 4.69) is 10.3 Å². The number of rotatable bonds is 3. The van der Waals surface area contributed by atoms with Gasteiger partial charge in [0.2, 0.25) is 5.95 Å². The first-order valence-corrected chi connectivity index (χ1v) is 5.28. The molecule has 3 nitrogen and oxygen atoms in total. The first kappa shape index (κ1) is 9.09. The Kier molecular flexibility index (Phi) is 2.09. The quantitative estimate of drug-likeness (QED) is 0.765. The minimum Gasteiger partial charge on any atom is -0.385 e. The lowest BCUT2D eigenvalue weighted by Gasteiger charge is -2.07. The van der Waals surface area contributed by atoms with Crippen molar-refractivity contribution >= 4 is 5.69 Å². The molecular formula is C11H13FN2O. The number of halogens is 1. The second kappa shape index (κ2) is 3.45. The van der Waals surface area contributed by atoms with Gasteiger partial charge in [0.1, 0.15) is 0 Å². The van der Waals surface area contributed by atoms with E-state index in [1.807, 2.05) is 0 Å². The van der Waals surface area contributed by atoms with Crippen LogP contribution in [0.1, 0.15) is 0 Å². The van der Waals surface area contributed by atoms with Crippen molar-refractivity contribution in [2.45, 2.75) is 0 Å². The van der Waals surface area contributed by atoms with Crippen molar-refractivity contribution in [3.8, 4) is 0 Å². The lowest BCUT2D eigenvalue weighted by molar-refractivity contribution is 0.153. The molecule has 1 aromatic rings. The number of fused-ring (bicyclic) bond motifs is 1. The van der Waals surface area contributed by atoms with Gasteiger partial charge in [-0.25, -0.2) is 4.98 Å². The van der Waals surface area contributed by atoms with Crippen molar-refractivity contribution in [3.63, 3.8) is 0 Å². The number of nitrogens with one attached hydrogen (secondary N) is 1. The number of ether oxygens (including phenoxy) is 1. The highest BCUT2D eigenvalue weighted by Crippen LogP contribution is 2.50. The molecule has 2 heterocycles. The van der Waals surface area contributed by atoms with Crippen molar-refractivity contribution < 1.29 is 9.13 Å². The molecule has 2 aliphatic rings. The van der Waals surface area contributed by atoms with Crippen LogP contribution in [0.4, 0.5) is 10.1 Å². The number of nitrogens with zero attached hydrogens (tertiary/aromatic N) is 1. The molecule has 4 heteroatoms. The molecule has 0 amide bonds. The topological polar surface area (TPSA) is 34.1 Å². The molecule has 80 valence electrons. The SMILES string of the molecule is Fc1cc(NCC2C3COCC23)ccn1. The monoisotopic (exact) mass is 208 g/mol. The van der Waals surface area contributed by atoms with Crippen LogP contribution in [0.5, 0.6) is 0 Å². The summed E-state index contributed by atoms with van der Waals surface area (Å²) in [5.74, 6) is 1.77. The van der Waals surface area contributed by atoms with Gasteiger partial charge in [-0.05, 0) is 23.8 Å². The van der Waals surface area contributed by atoms with Gasteiger partial charge in [0.15, 0.2) is 0 Å². The summed E-state index contributed by atoms with van der Waals surface area (Å²) in [6.07, 6.45) is 1.48. The minimum absolute atomic E-state index is 0.431. The molecule has 2 fully saturated rings. The smallest absolute Gasteiger partial charge is 0.214 e. The predicted octanol–water partition coefficient (Wildman–Crippen LogP) is 1.52. The van der Waals surface area contributed by atoms with Crippen LogP contribution < -0.4 is 5.32 Å². The summed E-state index contributed by atoms with van der Waals surface area (Å²) in [7, 11) is 0. The number of pyridine rings is 1. The van der Waals surface area contributed by atoms with Crippen LogP contribution in [0.2, 0.25) is 0 Å². The molecule has 1 aliphatic carbocycles. The molecule has 1 saturated heterocycles. The number of hydrogen-bond donors (Lipinski definition) is 1. The van der Waals surface area contributed by atoms with Crippen LogP contribution in [0.15, 0.2) is 18.3 Å². The van der Waals surface area contributed by atoms with Crippen molar-refractivity contribution in [3.05, 3.63) is 24.3 Å². The third-order valence-electron chi connectivity index (χ3n) is 3.40. The minimum atomic E-state index is -0.431. The fourth-order valence-corrected chi connectivity index (χ4v) is 2.41. The molecule has 1 saturated carbocycles. The van der Waals surface area contributed by atoms with Crippen LogP contribution in [-0.2, 0) is 4.74 Å². The largest absolute Gasteiger partial charge is 0.385 e. The van der Waals surface area contributed by atoms with Gasteiger partial charge in [0.05, 0.1) is 13.2 Å². The molecule has 0 aromatic carbocycles. The highest BCUT2D eigenvalue weighted by atomic mass is 19.1. The molecule has 0 radical (unpaired) electrons. The zero-order valence-electron chi connectivity index (χ0n) is 8.32.